The van der Waals surface area contributed by atoms with Crippen molar-refractivity contribution in [1.82, 2.24) is 4.98 Å². The average molecular weight is 342 g/mol. The summed E-state index contributed by atoms with van der Waals surface area (Å²) in [7, 11) is 0. The first-order valence-corrected chi connectivity index (χ1v) is 6.46. The van der Waals surface area contributed by atoms with Gasteiger partial charge in [0.25, 0.3) is 5.91 Å². The number of nitrogens with two attached hydrogens (primary N) is 1. The molecule has 0 bridgehead atoms. The monoisotopic (exact) mass is 340 g/mol. The highest BCUT2D eigenvalue weighted by Crippen LogP contribution is 2.25. The van der Waals surface area contributed by atoms with E-state index in [0.717, 1.165) is 4.47 Å². The molecule has 0 spiro atoms. The highest BCUT2D eigenvalue weighted by atomic mass is 79.9. The van der Waals surface area contributed by atoms with Gasteiger partial charge in [-0.25, -0.2) is 10.8 Å². The third kappa shape index (κ3) is 3.44. The number of anilines is 2. The molecule has 4 N–H and O–H groups in total. The second kappa shape index (κ2) is 6.01. The summed E-state index contributed by atoms with van der Waals surface area (Å²) in [6.45, 7) is 0. The number of carbonyl (C=O) groups excluding carboxylic acids is 1. The van der Waals surface area contributed by atoms with Crippen molar-refractivity contribution in [1.29, 1.82) is 0 Å². The normalized spacial score (nSPS) is 10.1. The summed E-state index contributed by atoms with van der Waals surface area (Å²) in [5.74, 6) is 5.39. The fraction of sp³-hybridized carbons (Fsp3) is 0. The van der Waals surface area contributed by atoms with Gasteiger partial charge in [0.05, 0.1) is 5.02 Å². The summed E-state index contributed by atoms with van der Waals surface area (Å²) in [5, 5.41) is 3.26. The van der Waals surface area contributed by atoms with Crippen LogP contribution in [0.5, 0.6) is 0 Å². The molecule has 98 valence electrons. The van der Waals surface area contributed by atoms with E-state index >= 15 is 0 Å². The summed E-state index contributed by atoms with van der Waals surface area (Å²) >= 11 is 9.24. The zero-order valence-electron chi connectivity index (χ0n) is 9.65. The van der Waals surface area contributed by atoms with Gasteiger partial charge in [0.15, 0.2) is 0 Å². The molecule has 2 aromatic rings. The third-order valence-corrected chi connectivity index (χ3v) is 3.58. The molecule has 0 saturated carbocycles. The maximum absolute atomic E-state index is 12.0. The number of rotatable bonds is 3. The molecule has 0 aliphatic carbocycles. The van der Waals surface area contributed by atoms with Crippen molar-refractivity contribution < 1.29 is 4.79 Å². The number of halogens is 2. The van der Waals surface area contributed by atoms with Gasteiger partial charge < -0.3 is 10.7 Å². The fourth-order valence-corrected chi connectivity index (χ4v) is 1.86. The van der Waals surface area contributed by atoms with Crippen LogP contribution in [0, 0.1) is 0 Å². The average Bonchev–Trinajstić information content (AvgIpc) is 2.43. The first kappa shape index (κ1) is 13.8. The van der Waals surface area contributed by atoms with Crippen LogP contribution in [0.3, 0.4) is 0 Å². The molecule has 0 fully saturated rings. The van der Waals surface area contributed by atoms with Gasteiger partial charge in [-0.2, -0.15) is 0 Å². The molecule has 1 heterocycles. The van der Waals surface area contributed by atoms with E-state index in [2.05, 4.69) is 31.7 Å². The molecule has 0 aliphatic heterocycles. The Morgan fingerprint density at radius 2 is 2.11 bits per heavy atom. The van der Waals surface area contributed by atoms with Crippen molar-refractivity contribution in [2.24, 2.45) is 5.84 Å². The lowest BCUT2D eigenvalue weighted by atomic mass is 10.2. The second-order valence-corrected chi connectivity index (χ2v) is 4.92. The van der Waals surface area contributed by atoms with E-state index in [9.17, 15) is 4.79 Å². The maximum Gasteiger partial charge on any atom is 0.255 e. The van der Waals surface area contributed by atoms with Crippen molar-refractivity contribution in [3.63, 3.8) is 0 Å². The Bertz CT molecular complexity index is 620. The number of carbonyl (C=O) groups is 1. The van der Waals surface area contributed by atoms with Crippen LogP contribution in [0.1, 0.15) is 10.4 Å². The number of nitrogens with zero attached hydrogens (tertiary/aromatic N) is 1. The van der Waals surface area contributed by atoms with Crippen LogP contribution >= 0.6 is 27.5 Å². The van der Waals surface area contributed by atoms with Gasteiger partial charge >= 0.3 is 0 Å². The highest BCUT2D eigenvalue weighted by Gasteiger charge is 2.08. The molecule has 2 rings (SSSR count). The summed E-state index contributed by atoms with van der Waals surface area (Å²) in [4.78, 5) is 15.9. The molecule has 0 unspecified atom stereocenters. The first-order chi connectivity index (χ1) is 9.10. The smallest absolute Gasteiger partial charge is 0.255 e. The lowest BCUT2D eigenvalue weighted by Gasteiger charge is -2.07. The molecule has 5 nitrogen and oxygen atoms in total. The van der Waals surface area contributed by atoms with Crippen LogP contribution in [0.2, 0.25) is 5.02 Å². The number of hydrogen-bond acceptors (Lipinski definition) is 4. The number of benzene rings is 1. The van der Waals surface area contributed by atoms with E-state index in [0.29, 0.717) is 22.1 Å². The second-order valence-electron chi connectivity index (χ2n) is 3.66. The predicted molar refractivity (Wildman–Crippen MR) is 79.2 cm³/mol. The summed E-state index contributed by atoms with van der Waals surface area (Å²) in [6, 6.07) is 8.31. The largest absolute Gasteiger partial charge is 0.322 e. The first-order valence-electron chi connectivity index (χ1n) is 5.29. The molecular weight excluding hydrogens is 332 g/mol. The van der Waals surface area contributed by atoms with Crippen molar-refractivity contribution in [2.75, 3.05) is 10.7 Å². The third-order valence-electron chi connectivity index (χ3n) is 2.35. The van der Waals surface area contributed by atoms with Gasteiger partial charge in [0.1, 0.15) is 5.82 Å². The lowest BCUT2D eigenvalue weighted by molar-refractivity contribution is 0.102. The molecule has 0 aliphatic rings. The van der Waals surface area contributed by atoms with E-state index in [1.165, 1.54) is 6.20 Å². The van der Waals surface area contributed by atoms with Gasteiger partial charge in [-0.05, 0) is 46.3 Å². The van der Waals surface area contributed by atoms with E-state index in [1.807, 2.05) is 0 Å². The Kier molecular flexibility index (Phi) is 4.36. The Morgan fingerprint density at radius 1 is 1.32 bits per heavy atom. The zero-order valence-corrected chi connectivity index (χ0v) is 12.0. The quantitative estimate of drug-likeness (QED) is 0.592. The molecule has 7 heteroatoms. The van der Waals surface area contributed by atoms with E-state index in [4.69, 9.17) is 17.4 Å². The molecule has 0 atom stereocenters. The standard InChI is InChI=1S/C12H10BrClN4O/c13-9-2-1-8(6-10(9)14)17-12(19)7-3-4-16-11(5-7)18-15/h1-6H,15H2,(H,16,18)(H,17,19). The van der Waals surface area contributed by atoms with Crippen LogP contribution < -0.4 is 16.6 Å². The van der Waals surface area contributed by atoms with Crippen molar-refractivity contribution >= 4 is 44.9 Å². The zero-order chi connectivity index (χ0) is 13.8. The molecular formula is C12H10BrClN4O. The Morgan fingerprint density at radius 3 is 2.79 bits per heavy atom. The van der Waals surface area contributed by atoms with Crippen molar-refractivity contribution in [3.8, 4) is 0 Å². The number of hydrazine groups is 1. The van der Waals surface area contributed by atoms with E-state index in [1.54, 1.807) is 30.3 Å². The summed E-state index contributed by atoms with van der Waals surface area (Å²) < 4.78 is 0.769. The van der Waals surface area contributed by atoms with E-state index < -0.39 is 0 Å². The predicted octanol–water partition coefficient (Wildman–Crippen LogP) is 3.04. The van der Waals surface area contributed by atoms with Gasteiger partial charge in [-0.3, -0.25) is 4.79 Å². The molecule has 1 aromatic carbocycles. The SMILES string of the molecule is NNc1cc(C(=O)Nc2ccc(Br)c(Cl)c2)ccn1. The van der Waals surface area contributed by atoms with Gasteiger partial charge in [0, 0.05) is 21.9 Å². The number of pyridine rings is 1. The number of aromatic nitrogens is 1. The number of hydrogen-bond donors (Lipinski definition) is 3. The minimum atomic E-state index is -0.266. The Balaban J connectivity index is 2.18. The number of nitrogen functional groups attached to an aromatic ring is 1. The van der Waals surface area contributed by atoms with Crippen LogP contribution in [0.25, 0.3) is 0 Å². The Labute approximate surface area is 123 Å². The molecule has 1 amide bonds. The summed E-state index contributed by atoms with van der Waals surface area (Å²) in [5.41, 5.74) is 3.44. The maximum atomic E-state index is 12.0. The molecule has 1 aromatic heterocycles. The molecule has 0 radical (unpaired) electrons. The Hall–Kier alpha value is -1.63. The summed E-state index contributed by atoms with van der Waals surface area (Å²) in [6.07, 6.45) is 1.50. The van der Waals surface area contributed by atoms with Crippen molar-refractivity contribution in [3.05, 3.63) is 51.6 Å². The van der Waals surface area contributed by atoms with Crippen LogP contribution in [-0.4, -0.2) is 10.9 Å². The van der Waals surface area contributed by atoms with Gasteiger partial charge in [0.2, 0.25) is 0 Å². The van der Waals surface area contributed by atoms with Crippen LogP contribution in [-0.2, 0) is 0 Å². The van der Waals surface area contributed by atoms with Gasteiger partial charge in [-0.1, -0.05) is 11.6 Å². The lowest BCUT2D eigenvalue weighted by Crippen LogP contribution is -2.14. The topological polar surface area (TPSA) is 80.0 Å². The number of amides is 1. The van der Waals surface area contributed by atoms with Crippen molar-refractivity contribution in [2.45, 2.75) is 0 Å². The molecule has 19 heavy (non-hydrogen) atoms. The fourth-order valence-electron chi connectivity index (χ4n) is 1.43. The minimum absolute atomic E-state index is 0.266. The van der Waals surface area contributed by atoms with Crippen LogP contribution in [0.15, 0.2) is 41.0 Å². The minimum Gasteiger partial charge on any atom is -0.322 e. The van der Waals surface area contributed by atoms with E-state index in [-0.39, 0.29) is 5.91 Å². The van der Waals surface area contributed by atoms with Gasteiger partial charge in [-0.15, -0.1) is 0 Å². The highest BCUT2D eigenvalue weighted by molar-refractivity contribution is 9.10. The molecule has 0 saturated heterocycles. The van der Waals surface area contributed by atoms with Crippen LogP contribution in [0.4, 0.5) is 11.5 Å². The number of nitrogens with one attached hydrogen (secondary N) is 2.